The Kier molecular flexibility index (Phi) is 5.36. The standard InChI is InChI=1S/C20H21N7OS/c1-13-19(29-14(2)23-13)17-3-4-18(28)27(25-17)12-15-6-9-26(10-7-15)20-22-8-5-16(11-21)24-20/h3-5,8,15H,6-7,9-10,12H2,1-2H3. The van der Waals surface area contributed by atoms with Crippen molar-refractivity contribution in [3.8, 4) is 16.6 Å². The second-order valence-corrected chi connectivity index (χ2v) is 8.37. The molecule has 1 aliphatic rings. The molecule has 3 aromatic rings. The Morgan fingerprint density at radius 2 is 2.00 bits per heavy atom. The first kappa shape index (κ1) is 19.2. The van der Waals surface area contributed by atoms with Gasteiger partial charge in [0.1, 0.15) is 17.5 Å². The minimum atomic E-state index is -0.0832. The molecule has 0 unspecified atom stereocenters. The zero-order chi connectivity index (χ0) is 20.4. The first-order valence-corrected chi connectivity index (χ1v) is 10.4. The van der Waals surface area contributed by atoms with Crippen LogP contribution in [0.2, 0.25) is 0 Å². The molecule has 0 bridgehead atoms. The molecule has 4 rings (SSSR count). The van der Waals surface area contributed by atoms with E-state index in [0.29, 0.717) is 24.1 Å². The van der Waals surface area contributed by atoms with Crippen molar-refractivity contribution in [2.45, 2.75) is 33.2 Å². The molecule has 0 radical (unpaired) electrons. The maximum atomic E-state index is 12.4. The summed E-state index contributed by atoms with van der Waals surface area (Å²) in [5, 5.41) is 14.6. The average Bonchev–Trinajstić information content (AvgIpc) is 3.08. The summed E-state index contributed by atoms with van der Waals surface area (Å²) < 4.78 is 1.58. The Hall–Kier alpha value is -3.12. The number of hydrogen-bond acceptors (Lipinski definition) is 8. The van der Waals surface area contributed by atoms with Gasteiger partial charge in [-0.2, -0.15) is 10.4 Å². The SMILES string of the molecule is Cc1nc(C)c(-c2ccc(=O)n(CC3CCN(c4nccc(C#N)n4)CC3)n2)s1. The van der Waals surface area contributed by atoms with Crippen LogP contribution in [0.15, 0.2) is 29.2 Å². The molecular formula is C20H21N7OS. The summed E-state index contributed by atoms with van der Waals surface area (Å²) >= 11 is 1.60. The predicted octanol–water partition coefficient (Wildman–Crippen LogP) is 2.56. The second kappa shape index (κ2) is 8.09. The van der Waals surface area contributed by atoms with Crippen LogP contribution < -0.4 is 10.5 Å². The molecule has 0 aliphatic carbocycles. The van der Waals surface area contributed by atoms with E-state index < -0.39 is 0 Å². The molecule has 3 aromatic heterocycles. The van der Waals surface area contributed by atoms with E-state index in [1.165, 1.54) is 0 Å². The lowest BCUT2D eigenvalue weighted by atomic mass is 9.97. The Bertz CT molecular complexity index is 1120. The number of nitrogens with zero attached hydrogens (tertiary/aromatic N) is 7. The number of anilines is 1. The summed E-state index contributed by atoms with van der Waals surface area (Å²) in [6.45, 7) is 6.12. The molecule has 1 fully saturated rings. The van der Waals surface area contributed by atoms with Gasteiger partial charge >= 0.3 is 0 Å². The quantitative estimate of drug-likeness (QED) is 0.655. The minimum Gasteiger partial charge on any atom is -0.341 e. The number of aromatic nitrogens is 5. The molecular weight excluding hydrogens is 386 g/mol. The molecule has 9 heteroatoms. The van der Waals surface area contributed by atoms with E-state index in [1.807, 2.05) is 13.8 Å². The van der Waals surface area contributed by atoms with Crippen molar-refractivity contribution in [1.82, 2.24) is 24.7 Å². The number of hydrogen-bond donors (Lipinski definition) is 0. The summed E-state index contributed by atoms with van der Waals surface area (Å²) in [7, 11) is 0. The molecule has 148 valence electrons. The van der Waals surface area contributed by atoms with Crippen LogP contribution in [-0.2, 0) is 6.54 Å². The second-order valence-electron chi connectivity index (χ2n) is 7.17. The lowest BCUT2D eigenvalue weighted by molar-refractivity contribution is 0.334. The molecule has 4 heterocycles. The Balaban J connectivity index is 1.45. The largest absolute Gasteiger partial charge is 0.341 e. The summed E-state index contributed by atoms with van der Waals surface area (Å²) in [5.41, 5.74) is 2.03. The molecule has 29 heavy (non-hydrogen) atoms. The van der Waals surface area contributed by atoms with Crippen molar-refractivity contribution in [3.63, 3.8) is 0 Å². The molecule has 0 atom stereocenters. The van der Waals surface area contributed by atoms with E-state index in [4.69, 9.17) is 5.26 Å². The van der Waals surface area contributed by atoms with E-state index in [1.54, 1.807) is 40.4 Å². The summed E-state index contributed by atoms with van der Waals surface area (Å²) in [6, 6.07) is 7.02. The van der Waals surface area contributed by atoms with Crippen LogP contribution in [0.4, 0.5) is 5.95 Å². The summed E-state index contributed by atoms with van der Waals surface area (Å²) in [4.78, 5) is 28.5. The normalized spacial score (nSPS) is 14.7. The van der Waals surface area contributed by atoms with Gasteiger partial charge in [0.05, 0.1) is 15.6 Å². The fourth-order valence-electron chi connectivity index (χ4n) is 3.59. The van der Waals surface area contributed by atoms with Crippen LogP contribution >= 0.6 is 11.3 Å². The third-order valence-electron chi connectivity index (χ3n) is 5.09. The van der Waals surface area contributed by atoms with Gasteiger partial charge in [-0.25, -0.2) is 19.6 Å². The number of aryl methyl sites for hydroxylation is 2. The number of rotatable bonds is 4. The monoisotopic (exact) mass is 407 g/mol. The van der Waals surface area contributed by atoms with Gasteiger partial charge in [0.15, 0.2) is 0 Å². The van der Waals surface area contributed by atoms with Crippen LogP contribution in [-0.4, -0.2) is 37.8 Å². The fraction of sp³-hybridized carbons (Fsp3) is 0.400. The van der Waals surface area contributed by atoms with Gasteiger partial charge in [-0.15, -0.1) is 11.3 Å². The van der Waals surface area contributed by atoms with E-state index >= 15 is 0 Å². The van der Waals surface area contributed by atoms with Crippen molar-refractivity contribution < 1.29 is 0 Å². The smallest absolute Gasteiger partial charge is 0.266 e. The van der Waals surface area contributed by atoms with Crippen molar-refractivity contribution in [3.05, 3.63) is 51.1 Å². The third kappa shape index (κ3) is 4.17. The van der Waals surface area contributed by atoms with Crippen LogP contribution in [0.3, 0.4) is 0 Å². The molecule has 0 saturated carbocycles. The highest BCUT2D eigenvalue weighted by atomic mass is 32.1. The van der Waals surface area contributed by atoms with Crippen LogP contribution in [0.5, 0.6) is 0 Å². The van der Waals surface area contributed by atoms with Gasteiger partial charge < -0.3 is 4.90 Å². The van der Waals surface area contributed by atoms with Crippen molar-refractivity contribution in [2.75, 3.05) is 18.0 Å². The summed E-state index contributed by atoms with van der Waals surface area (Å²) in [6.07, 6.45) is 3.44. The lowest BCUT2D eigenvalue weighted by Gasteiger charge is -2.32. The van der Waals surface area contributed by atoms with Gasteiger partial charge in [0.25, 0.3) is 5.56 Å². The van der Waals surface area contributed by atoms with E-state index in [9.17, 15) is 4.79 Å². The van der Waals surface area contributed by atoms with Crippen molar-refractivity contribution >= 4 is 17.3 Å². The average molecular weight is 408 g/mol. The zero-order valence-electron chi connectivity index (χ0n) is 16.4. The van der Waals surface area contributed by atoms with E-state index in [-0.39, 0.29) is 5.56 Å². The van der Waals surface area contributed by atoms with Crippen LogP contribution in [0.1, 0.15) is 29.2 Å². The van der Waals surface area contributed by atoms with Gasteiger partial charge in [-0.05, 0) is 44.7 Å². The van der Waals surface area contributed by atoms with Gasteiger partial charge in [-0.3, -0.25) is 4.79 Å². The first-order chi connectivity index (χ1) is 14.0. The van der Waals surface area contributed by atoms with Crippen LogP contribution in [0, 0.1) is 31.1 Å². The molecule has 1 saturated heterocycles. The van der Waals surface area contributed by atoms with E-state index in [0.717, 1.165) is 47.2 Å². The Morgan fingerprint density at radius 1 is 1.21 bits per heavy atom. The predicted molar refractivity (Wildman–Crippen MR) is 111 cm³/mol. The van der Waals surface area contributed by atoms with Crippen LogP contribution in [0.25, 0.3) is 10.6 Å². The van der Waals surface area contributed by atoms with Gasteiger partial charge in [0, 0.05) is 31.9 Å². The molecule has 1 aliphatic heterocycles. The van der Waals surface area contributed by atoms with E-state index in [2.05, 4.69) is 31.0 Å². The molecule has 8 nitrogen and oxygen atoms in total. The number of thiazole rings is 1. The lowest BCUT2D eigenvalue weighted by Crippen LogP contribution is -2.37. The Morgan fingerprint density at radius 3 is 2.69 bits per heavy atom. The fourth-order valence-corrected chi connectivity index (χ4v) is 4.48. The highest BCUT2D eigenvalue weighted by Crippen LogP contribution is 2.27. The minimum absolute atomic E-state index is 0.0832. The molecule has 0 N–H and O–H groups in total. The topological polar surface area (TPSA) is 101 Å². The molecule has 0 aromatic carbocycles. The maximum absolute atomic E-state index is 12.4. The Labute approximate surface area is 172 Å². The third-order valence-corrected chi connectivity index (χ3v) is 6.18. The number of piperidine rings is 1. The number of nitriles is 1. The maximum Gasteiger partial charge on any atom is 0.266 e. The van der Waals surface area contributed by atoms with Crippen molar-refractivity contribution in [1.29, 1.82) is 5.26 Å². The van der Waals surface area contributed by atoms with Gasteiger partial charge in [0.2, 0.25) is 5.95 Å². The first-order valence-electron chi connectivity index (χ1n) is 9.54. The highest BCUT2D eigenvalue weighted by Gasteiger charge is 2.22. The molecule has 0 amide bonds. The highest BCUT2D eigenvalue weighted by molar-refractivity contribution is 7.15. The van der Waals surface area contributed by atoms with Gasteiger partial charge in [-0.1, -0.05) is 0 Å². The summed E-state index contributed by atoms with van der Waals surface area (Å²) in [5.74, 6) is 0.950. The van der Waals surface area contributed by atoms with Crippen molar-refractivity contribution in [2.24, 2.45) is 5.92 Å². The zero-order valence-corrected chi connectivity index (χ0v) is 17.2. The molecule has 0 spiro atoms.